The fourth-order valence-corrected chi connectivity index (χ4v) is 10.5. The van der Waals surface area contributed by atoms with Crippen molar-refractivity contribution < 1.29 is 4.43 Å². The summed E-state index contributed by atoms with van der Waals surface area (Å²) < 4.78 is 7.31. The van der Waals surface area contributed by atoms with Gasteiger partial charge in [-0.05, 0) is 40.1 Å². The van der Waals surface area contributed by atoms with E-state index in [1.165, 1.54) is 16.1 Å². The van der Waals surface area contributed by atoms with Gasteiger partial charge in [-0.15, -0.1) is 0 Å². The number of hydrogen-bond acceptors (Lipinski definition) is 3. The normalized spacial score (nSPS) is 25.8. The summed E-state index contributed by atoms with van der Waals surface area (Å²) in [5.74, 6) is 2.55. The number of hydrogen-bond donors (Lipinski definition) is 2. The van der Waals surface area contributed by atoms with Crippen LogP contribution >= 0.6 is 0 Å². The van der Waals surface area contributed by atoms with Gasteiger partial charge in [0.25, 0.3) is 8.32 Å². The van der Waals surface area contributed by atoms with Crippen LogP contribution in [0.1, 0.15) is 45.2 Å². The summed E-state index contributed by atoms with van der Waals surface area (Å²) in [5, 5.41) is 10.0. The molecule has 1 aromatic heterocycles. The van der Waals surface area contributed by atoms with Crippen LogP contribution in [0.4, 0.5) is 5.82 Å². The average Bonchev–Trinajstić information content (AvgIpc) is 3.05. The number of nitrogen functional groups attached to an aromatic ring is 1. The number of fused-ring (bicyclic) bond motifs is 1. The Balaban J connectivity index is 1.46. The fraction of sp³-hybridized carbons (Fsp3) is 0.400. The van der Waals surface area contributed by atoms with E-state index in [0.717, 1.165) is 12.8 Å². The highest BCUT2D eigenvalue weighted by Crippen LogP contribution is 2.63. The average molecular weight is 418 g/mol. The van der Waals surface area contributed by atoms with Crippen LogP contribution in [-0.2, 0) is 4.43 Å². The summed E-state index contributed by atoms with van der Waals surface area (Å²) in [7, 11) is -2.46. The van der Waals surface area contributed by atoms with Gasteiger partial charge in [0.05, 0.1) is 0 Å². The molecular weight excluding hydrogens is 386 g/mol. The molecule has 0 aliphatic heterocycles. The Labute approximate surface area is 180 Å². The van der Waals surface area contributed by atoms with Crippen molar-refractivity contribution >= 4 is 24.5 Å². The molecule has 4 atom stereocenters. The van der Waals surface area contributed by atoms with E-state index in [-0.39, 0.29) is 5.04 Å². The first-order valence-electron chi connectivity index (χ1n) is 11.0. The minimum absolute atomic E-state index is 0.0275. The SMILES string of the molecule is CC(C)(C)[Si](OC1C[C@@H]2C(c3cc(N)n[nH]3)[C@@H]2C1)(c1ccccc1)c1ccccc1. The maximum atomic E-state index is 7.31. The van der Waals surface area contributed by atoms with Crippen LogP contribution in [0.15, 0.2) is 66.7 Å². The number of aromatic nitrogens is 2. The van der Waals surface area contributed by atoms with Crippen molar-refractivity contribution in [3.8, 4) is 0 Å². The van der Waals surface area contributed by atoms with Crippen LogP contribution < -0.4 is 16.1 Å². The zero-order valence-electron chi connectivity index (χ0n) is 18.0. The first-order chi connectivity index (χ1) is 14.4. The van der Waals surface area contributed by atoms with E-state index in [4.69, 9.17) is 10.2 Å². The van der Waals surface area contributed by atoms with Gasteiger partial charge in [-0.2, -0.15) is 5.10 Å². The van der Waals surface area contributed by atoms with E-state index in [0.29, 0.717) is 29.7 Å². The molecular formula is C25H31N3OSi. The zero-order chi connectivity index (χ0) is 20.9. The number of nitrogens with one attached hydrogen (secondary N) is 1. The third-order valence-electron chi connectivity index (χ3n) is 7.14. The van der Waals surface area contributed by atoms with Crippen molar-refractivity contribution in [1.82, 2.24) is 10.2 Å². The topological polar surface area (TPSA) is 63.9 Å². The molecule has 0 saturated heterocycles. The highest BCUT2D eigenvalue weighted by Gasteiger charge is 2.60. The zero-order valence-corrected chi connectivity index (χ0v) is 19.0. The van der Waals surface area contributed by atoms with Crippen molar-refractivity contribution in [2.24, 2.45) is 11.8 Å². The molecule has 0 radical (unpaired) electrons. The molecule has 3 aromatic rings. The van der Waals surface area contributed by atoms with Crippen molar-refractivity contribution in [2.45, 2.75) is 50.7 Å². The van der Waals surface area contributed by atoms with Crippen molar-refractivity contribution in [3.63, 3.8) is 0 Å². The van der Waals surface area contributed by atoms with Gasteiger partial charge in [0, 0.05) is 23.8 Å². The van der Waals surface area contributed by atoms with Crippen molar-refractivity contribution in [3.05, 3.63) is 72.4 Å². The predicted molar refractivity (Wildman–Crippen MR) is 124 cm³/mol. The lowest BCUT2D eigenvalue weighted by Gasteiger charge is -2.45. The van der Waals surface area contributed by atoms with E-state index >= 15 is 0 Å². The Morgan fingerprint density at radius 3 is 1.90 bits per heavy atom. The summed E-state index contributed by atoms with van der Waals surface area (Å²) in [5.41, 5.74) is 7.02. The van der Waals surface area contributed by atoms with Crippen LogP contribution in [0.25, 0.3) is 0 Å². The molecule has 156 valence electrons. The van der Waals surface area contributed by atoms with Gasteiger partial charge in [0.1, 0.15) is 5.82 Å². The standard InChI is InChI=1S/C25H31N3OSi/c1-25(2,3)30(18-10-6-4-7-11-18,19-12-8-5-9-13-19)29-17-14-20-21(15-17)24(20)22-16-23(26)28-27-22/h4-13,16-17,20-21,24H,14-15H2,1-3H3,(H3,26,27,28)/t17?,20-,21+,24?. The van der Waals surface area contributed by atoms with E-state index in [2.05, 4.69) is 91.6 Å². The Morgan fingerprint density at radius 1 is 0.933 bits per heavy atom. The minimum atomic E-state index is -2.46. The molecule has 0 bridgehead atoms. The van der Waals surface area contributed by atoms with Gasteiger partial charge in [-0.25, -0.2) is 0 Å². The summed E-state index contributed by atoms with van der Waals surface area (Å²) in [6.07, 6.45) is 2.56. The molecule has 0 amide bonds. The van der Waals surface area contributed by atoms with E-state index < -0.39 is 8.32 Å². The number of benzene rings is 2. The molecule has 2 aromatic carbocycles. The van der Waals surface area contributed by atoms with Crippen LogP contribution in [0.3, 0.4) is 0 Å². The molecule has 4 nitrogen and oxygen atoms in total. The lowest BCUT2D eigenvalue weighted by molar-refractivity contribution is 0.177. The summed E-state index contributed by atoms with van der Waals surface area (Å²) >= 11 is 0. The summed E-state index contributed by atoms with van der Waals surface area (Å²) in [6, 6.07) is 23.9. The highest BCUT2D eigenvalue weighted by atomic mass is 28.4. The lowest BCUT2D eigenvalue weighted by atomic mass is 10.1. The molecule has 3 N–H and O–H groups in total. The van der Waals surface area contributed by atoms with Crippen LogP contribution in [0.5, 0.6) is 0 Å². The largest absolute Gasteiger partial charge is 0.404 e. The highest BCUT2D eigenvalue weighted by molar-refractivity contribution is 6.99. The number of H-pyrrole nitrogens is 1. The molecule has 2 saturated carbocycles. The van der Waals surface area contributed by atoms with Crippen LogP contribution in [0.2, 0.25) is 5.04 Å². The van der Waals surface area contributed by atoms with E-state index in [1.54, 1.807) is 0 Å². The number of nitrogens with two attached hydrogens (primary N) is 1. The maximum absolute atomic E-state index is 7.31. The molecule has 2 unspecified atom stereocenters. The maximum Gasteiger partial charge on any atom is 0.261 e. The van der Waals surface area contributed by atoms with Crippen LogP contribution in [0, 0.1) is 11.8 Å². The first-order valence-corrected chi connectivity index (χ1v) is 12.9. The van der Waals surface area contributed by atoms with Gasteiger partial charge < -0.3 is 10.2 Å². The summed E-state index contributed by atoms with van der Waals surface area (Å²) in [6.45, 7) is 7.06. The number of aromatic amines is 1. The van der Waals surface area contributed by atoms with Gasteiger partial charge >= 0.3 is 0 Å². The monoisotopic (exact) mass is 417 g/mol. The Hall–Kier alpha value is -2.37. The number of nitrogens with zero attached hydrogens (tertiary/aromatic N) is 1. The van der Waals surface area contributed by atoms with Gasteiger partial charge in [0.2, 0.25) is 0 Å². The first kappa shape index (κ1) is 19.6. The predicted octanol–water partition coefficient (Wildman–Crippen LogP) is 4.06. The van der Waals surface area contributed by atoms with Gasteiger partial charge in [-0.1, -0.05) is 81.4 Å². The molecule has 2 aliphatic rings. The third kappa shape index (κ3) is 3.12. The Bertz CT molecular complexity index is 960. The van der Waals surface area contributed by atoms with Gasteiger partial charge in [-0.3, -0.25) is 5.10 Å². The lowest BCUT2D eigenvalue weighted by Crippen LogP contribution is -2.67. The third-order valence-corrected chi connectivity index (χ3v) is 12.2. The molecule has 2 fully saturated rings. The minimum Gasteiger partial charge on any atom is -0.404 e. The van der Waals surface area contributed by atoms with Gasteiger partial charge in [0.15, 0.2) is 0 Å². The summed E-state index contributed by atoms with van der Waals surface area (Å²) in [4.78, 5) is 0. The van der Waals surface area contributed by atoms with Crippen molar-refractivity contribution in [1.29, 1.82) is 0 Å². The molecule has 5 heteroatoms. The van der Waals surface area contributed by atoms with E-state index in [1.807, 2.05) is 6.07 Å². The Kier molecular flexibility index (Phi) is 4.63. The molecule has 2 aliphatic carbocycles. The van der Waals surface area contributed by atoms with E-state index in [9.17, 15) is 0 Å². The molecule has 1 heterocycles. The second-order valence-electron chi connectivity index (χ2n) is 9.98. The quantitative estimate of drug-likeness (QED) is 0.615. The molecule has 0 spiro atoms. The smallest absolute Gasteiger partial charge is 0.261 e. The molecule has 30 heavy (non-hydrogen) atoms. The van der Waals surface area contributed by atoms with Crippen LogP contribution in [-0.4, -0.2) is 24.6 Å². The number of rotatable bonds is 5. The second kappa shape index (κ2) is 7.10. The Morgan fingerprint density at radius 2 is 1.47 bits per heavy atom. The molecule has 5 rings (SSSR count). The van der Waals surface area contributed by atoms with Crippen molar-refractivity contribution in [2.75, 3.05) is 5.73 Å². The second-order valence-corrected chi connectivity index (χ2v) is 14.2. The fourth-order valence-electron chi connectivity index (χ4n) is 5.81. The number of anilines is 1.